The topological polar surface area (TPSA) is 12.0 Å². The van der Waals surface area contributed by atoms with Gasteiger partial charge in [0.2, 0.25) is 0 Å². The van der Waals surface area contributed by atoms with E-state index in [-0.39, 0.29) is 11.9 Å². The van der Waals surface area contributed by atoms with Crippen LogP contribution in [-0.4, -0.2) is 7.05 Å². The standard InChI is InChI=1S/C18H21BrFN/c1-12(2)14-4-6-15(7-5-14)18(21-3)10-13-8-16(19)11-17(20)9-13/h4-9,11-12,18,21H,10H2,1-3H3. The van der Waals surface area contributed by atoms with E-state index in [2.05, 4.69) is 59.4 Å². The van der Waals surface area contributed by atoms with Crippen molar-refractivity contribution in [3.8, 4) is 0 Å². The summed E-state index contributed by atoms with van der Waals surface area (Å²) in [7, 11) is 1.94. The van der Waals surface area contributed by atoms with Gasteiger partial charge in [0, 0.05) is 10.5 Å². The highest BCUT2D eigenvalue weighted by molar-refractivity contribution is 9.10. The first-order chi connectivity index (χ1) is 9.99. The molecule has 1 N–H and O–H groups in total. The molecular weight excluding hydrogens is 329 g/mol. The van der Waals surface area contributed by atoms with Gasteiger partial charge in [-0.3, -0.25) is 0 Å². The molecule has 2 rings (SSSR count). The normalized spacial score (nSPS) is 12.7. The number of hydrogen-bond acceptors (Lipinski definition) is 1. The SMILES string of the molecule is CNC(Cc1cc(F)cc(Br)c1)c1ccc(C(C)C)cc1. The molecule has 0 fully saturated rings. The minimum Gasteiger partial charge on any atom is -0.313 e. The summed E-state index contributed by atoms with van der Waals surface area (Å²) >= 11 is 3.35. The highest BCUT2D eigenvalue weighted by Gasteiger charge is 2.12. The molecule has 1 atom stereocenters. The van der Waals surface area contributed by atoms with E-state index >= 15 is 0 Å². The molecule has 0 aliphatic rings. The highest BCUT2D eigenvalue weighted by Crippen LogP contribution is 2.23. The molecule has 2 aromatic carbocycles. The quantitative estimate of drug-likeness (QED) is 0.780. The molecule has 0 bridgehead atoms. The summed E-state index contributed by atoms with van der Waals surface area (Å²) in [5.41, 5.74) is 3.54. The second-order valence-electron chi connectivity index (χ2n) is 5.64. The minimum atomic E-state index is -0.204. The highest BCUT2D eigenvalue weighted by atomic mass is 79.9. The monoisotopic (exact) mass is 349 g/mol. The fourth-order valence-electron chi connectivity index (χ4n) is 2.46. The number of hydrogen-bond donors (Lipinski definition) is 1. The summed E-state index contributed by atoms with van der Waals surface area (Å²) in [4.78, 5) is 0. The van der Waals surface area contributed by atoms with Crippen LogP contribution in [0.1, 0.15) is 42.5 Å². The molecule has 0 spiro atoms. The summed E-state index contributed by atoms with van der Waals surface area (Å²) in [5, 5.41) is 3.32. The predicted molar refractivity (Wildman–Crippen MR) is 90.1 cm³/mol. The van der Waals surface area contributed by atoms with E-state index in [1.165, 1.54) is 17.2 Å². The van der Waals surface area contributed by atoms with E-state index < -0.39 is 0 Å². The van der Waals surface area contributed by atoms with Crippen LogP contribution in [0, 0.1) is 5.82 Å². The molecule has 0 aromatic heterocycles. The molecule has 0 saturated carbocycles. The van der Waals surface area contributed by atoms with Gasteiger partial charge in [-0.2, -0.15) is 0 Å². The van der Waals surface area contributed by atoms with Crippen molar-refractivity contribution >= 4 is 15.9 Å². The third kappa shape index (κ3) is 4.39. The van der Waals surface area contributed by atoms with Crippen LogP contribution in [0.25, 0.3) is 0 Å². The van der Waals surface area contributed by atoms with E-state index in [4.69, 9.17) is 0 Å². The average Bonchev–Trinajstić information content (AvgIpc) is 2.44. The van der Waals surface area contributed by atoms with Crippen LogP contribution in [0.2, 0.25) is 0 Å². The van der Waals surface area contributed by atoms with Gasteiger partial charge in [0.25, 0.3) is 0 Å². The van der Waals surface area contributed by atoms with E-state index in [1.807, 2.05) is 13.1 Å². The van der Waals surface area contributed by atoms with Crippen molar-refractivity contribution in [2.75, 3.05) is 7.05 Å². The van der Waals surface area contributed by atoms with Crippen molar-refractivity contribution in [2.24, 2.45) is 0 Å². The van der Waals surface area contributed by atoms with Gasteiger partial charge < -0.3 is 5.32 Å². The van der Waals surface area contributed by atoms with E-state index in [9.17, 15) is 4.39 Å². The fourth-order valence-corrected chi connectivity index (χ4v) is 2.98. The van der Waals surface area contributed by atoms with E-state index in [1.54, 1.807) is 6.07 Å². The van der Waals surface area contributed by atoms with E-state index in [0.717, 1.165) is 16.5 Å². The zero-order chi connectivity index (χ0) is 15.4. The van der Waals surface area contributed by atoms with Crippen molar-refractivity contribution in [3.05, 3.63) is 69.4 Å². The van der Waals surface area contributed by atoms with E-state index in [0.29, 0.717) is 5.92 Å². The Morgan fingerprint density at radius 2 is 1.67 bits per heavy atom. The number of rotatable bonds is 5. The number of halogens is 2. The molecule has 1 unspecified atom stereocenters. The summed E-state index contributed by atoms with van der Waals surface area (Å²) in [6.07, 6.45) is 0.758. The molecule has 112 valence electrons. The van der Waals surface area contributed by atoms with Crippen LogP contribution < -0.4 is 5.32 Å². The van der Waals surface area contributed by atoms with Crippen molar-refractivity contribution in [1.29, 1.82) is 0 Å². The molecule has 0 amide bonds. The second kappa shape index (κ2) is 7.19. The first-order valence-electron chi connectivity index (χ1n) is 7.21. The maximum atomic E-state index is 13.5. The summed E-state index contributed by atoms with van der Waals surface area (Å²) in [6.45, 7) is 4.38. The van der Waals surface area contributed by atoms with Gasteiger partial charge in [0.1, 0.15) is 5.82 Å². The molecule has 3 heteroatoms. The van der Waals surface area contributed by atoms with Crippen molar-refractivity contribution in [2.45, 2.75) is 32.2 Å². The molecule has 0 heterocycles. The number of benzene rings is 2. The van der Waals surface area contributed by atoms with Gasteiger partial charge in [-0.1, -0.05) is 54.0 Å². The Kier molecular flexibility index (Phi) is 5.54. The smallest absolute Gasteiger partial charge is 0.124 e. The zero-order valence-electron chi connectivity index (χ0n) is 12.7. The van der Waals surface area contributed by atoms with Gasteiger partial charge in [-0.25, -0.2) is 4.39 Å². The molecule has 0 radical (unpaired) electrons. The lowest BCUT2D eigenvalue weighted by molar-refractivity contribution is 0.583. The maximum absolute atomic E-state index is 13.5. The van der Waals surface area contributed by atoms with Crippen LogP contribution >= 0.6 is 15.9 Å². The van der Waals surface area contributed by atoms with Gasteiger partial charge in [-0.05, 0) is 54.3 Å². The Balaban J connectivity index is 2.19. The van der Waals surface area contributed by atoms with Gasteiger partial charge in [0.05, 0.1) is 0 Å². The average molecular weight is 350 g/mol. The second-order valence-corrected chi connectivity index (χ2v) is 6.56. The Morgan fingerprint density at radius 1 is 1.05 bits per heavy atom. The maximum Gasteiger partial charge on any atom is 0.124 e. The lowest BCUT2D eigenvalue weighted by Crippen LogP contribution is -2.19. The molecule has 21 heavy (non-hydrogen) atoms. The third-order valence-electron chi connectivity index (χ3n) is 3.72. The largest absolute Gasteiger partial charge is 0.313 e. The van der Waals surface area contributed by atoms with Gasteiger partial charge in [-0.15, -0.1) is 0 Å². The summed E-state index contributed by atoms with van der Waals surface area (Å²) in [5.74, 6) is 0.329. The molecule has 1 nitrogen and oxygen atoms in total. The van der Waals surface area contributed by atoms with Crippen LogP contribution in [0.15, 0.2) is 46.9 Å². The van der Waals surface area contributed by atoms with Crippen molar-refractivity contribution < 1.29 is 4.39 Å². The van der Waals surface area contributed by atoms with Gasteiger partial charge in [0.15, 0.2) is 0 Å². The Morgan fingerprint density at radius 3 is 2.19 bits per heavy atom. The minimum absolute atomic E-state index is 0.180. The Hall–Kier alpha value is -1.19. The summed E-state index contributed by atoms with van der Waals surface area (Å²) in [6, 6.07) is 13.9. The molecule has 0 saturated heterocycles. The lowest BCUT2D eigenvalue weighted by atomic mass is 9.95. The van der Waals surface area contributed by atoms with Crippen LogP contribution in [0.5, 0.6) is 0 Å². The molecule has 0 aliphatic heterocycles. The van der Waals surface area contributed by atoms with Crippen LogP contribution in [0.4, 0.5) is 4.39 Å². The molecular formula is C18H21BrFN. The third-order valence-corrected chi connectivity index (χ3v) is 4.17. The predicted octanol–water partition coefficient (Wildman–Crippen LogP) is 5.21. The van der Waals surface area contributed by atoms with Crippen molar-refractivity contribution in [3.63, 3.8) is 0 Å². The first-order valence-corrected chi connectivity index (χ1v) is 8.01. The fraction of sp³-hybridized carbons (Fsp3) is 0.333. The Bertz CT molecular complexity index is 572. The number of nitrogens with one attached hydrogen (secondary N) is 1. The van der Waals surface area contributed by atoms with Crippen molar-refractivity contribution in [1.82, 2.24) is 5.32 Å². The Labute approximate surface area is 134 Å². The van der Waals surface area contributed by atoms with Gasteiger partial charge >= 0.3 is 0 Å². The lowest BCUT2D eigenvalue weighted by Gasteiger charge is -2.18. The molecule has 2 aromatic rings. The summed E-state index contributed by atoms with van der Waals surface area (Å²) < 4.78 is 14.3. The number of likely N-dealkylation sites (N-methyl/N-ethyl adjacent to an activating group) is 1. The van der Waals surface area contributed by atoms with Crippen LogP contribution in [0.3, 0.4) is 0 Å². The molecule has 0 aliphatic carbocycles. The van der Waals surface area contributed by atoms with Crippen LogP contribution in [-0.2, 0) is 6.42 Å². The zero-order valence-corrected chi connectivity index (χ0v) is 14.2. The first kappa shape index (κ1) is 16.2.